The first-order valence-electron chi connectivity index (χ1n) is 12.2. The standard InChI is InChI=1S/C27H28N2O5S/c30-25(29-14-35-13-24(29)26(31)32)16-9-15-11-23(21(15)10-16)28-27(33)34-12-22-19-7-3-1-5-17(19)18-6-2-4-8-20(18)22/h1-8,15-16,21-24H,9-14H2,(H,28,33)(H,31,32)/t15?,16?,21?,23?,24-/m0/s1. The first kappa shape index (κ1) is 22.5. The Hall–Kier alpha value is -3.00. The molecule has 0 aromatic heterocycles. The number of hydrogen-bond acceptors (Lipinski definition) is 5. The third kappa shape index (κ3) is 3.88. The molecule has 5 atom stereocenters. The fraction of sp³-hybridized carbons (Fsp3) is 0.444. The Morgan fingerprint density at radius 2 is 1.69 bits per heavy atom. The van der Waals surface area contributed by atoms with Crippen molar-refractivity contribution >= 4 is 29.7 Å². The van der Waals surface area contributed by atoms with Crippen LogP contribution in [0.3, 0.4) is 0 Å². The minimum Gasteiger partial charge on any atom is -0.480 e. The van der Waals surface area contributed by atoms with Crippen molar-refractivity contribution in [1.82, 2.24) is 10.2 Å². The molecule has 6 rings (SSSR count). The van der Waals surface area contributed by atoms with Crippen molar-refractivity contribution in [2.75, 3.05) is 18.2 Å². The predicted octanol–water partition coefficient (Wildman–Crippen LogP) is 3.93. The van der Waals surface area contributed by atoms with Crippen molar-refractivity contribution in [2.24, 2.45) is 17.8 Å². The number of ether oxygens (including phenoxy) is 1. The Labute approximate surface area is 208 Å². The van der Waals surface area contributed by atoms with E-state index >= 15 is 0 Å². The van der Waals surface area contributed by atoms with Crippen LogP contribution in [0.25, 0.3) is 11.1 Å². The lowest BCUT2D eigenvalue weighted by Crippen LogP contribution is -2.50. The number of nitrogens with one attached hydrogen (secondary N) is 1. The summed E-state index contributed by atoms with van der Waals surface area (Å²) in [5.41, 5.74) is 4.76. The van der Waals surface area contributed by atoms with E-state index < -0.39 is 18.1 Å². The fourth-order valence-electron chi connectivity index (χ4n) is 6.48. The summed E-state index contributed by atoms with van der Waals surface area (Å²) in [5.74, 6) is 0.451. The molecule has 182 valence electrons. The van der Waals surface area contributed by atoms with Gasteiger partial charge in [0.2, 0.25) is 5.91 Å². The molecular weight excluding hydrogens is 464 g/mol. The molecule has 0 radical (unpaired) electrons. The van der Waals surface area contributed by atoms with E-state index in [2.05, 4.69) is 29.6 Å². The van der Waals surface area contributed by atoms with E-state index in [1.807, 2.05) is 24.3 Å². The number of carboxylic acids is 1. The third-order valence-electron chi connectivity index (χ3n) is 8.27. The van der Waals surface area contributed by atoms with E-state index in [9.17, 15) is 19.5 Å². The Balaban J connectivity index is 1.04. The highest BCUT2D eigenvalue weighted by Crippen LogP contribution is 2.50. The molecule has 3 fully saturated rings. The molecule has 7 nitrogen and oxygen atoms in total. The molecular formula is C27H28N2O5S. The highest BCUT2D eigenvalue weighted by Gasteiger charge is 2.51. The number of alkyl carbamates (subject to hydrolysis) is 1. The van der Waals surface area contributed by atoms with Crippen molar-refractivity contribution in [1.29, 1.82) is 0 Å². The zero-order chi connectivity index (χ0) is 24.1. The van der Waals surface area contributed by atoms with Gasteiger partial charge in [0.05, 0.1) is 5.88 Å². The SMILES string of the molecule is O=C(NC1CC2CC(C(=O)N3CSC[C@H]3C(=O)O)CC21)OCC1c2ccccc2-c2ccccc21. The smallest absolute Gasteiger partial charge is 0.407 e. The van der Waals surface area contributed by atoms with Crippen LogP contribution in [-0.4, -0.2) is 58.3 Å². The summed E-state index contributed by atoms with van der Waals surface area (Å²) in [6, 6.07) is 15.8. The molecule has 2 saturated carbocycles. The first-order chi connectivity index (χ1) is 17.0. The summed E-state index contributed by atoms with van der Waals surface area (Å²) in [6.45, 7) is 0.283. The minimum absolute atomic E-state index is 0.0108. The summed E-state index contributed by atoms with van der Waals surface area (Å²) in [7, 11) is 0. The molecule has 4 aliphatic rings. The van der Waals surface area contributed by atoms with E-state index in [1.165, 1.54) is 38.9 Å². The van der Waals surface area contributed by atoms with Gasteiger partial charge >= 0.3 is 12.1 Å². The van der Waals surface area contributed by atoms with Crippen LogP contribution in [0.15, 0.2) is 48.5 Å². The van der Waals surface area contributed by atoms with Gasteiger partial charge in [0.15, 0.2) is 0 Å². The van der Waals surface area contributed by atoms with E-state index in [-0.39, 0.29) is 36.3 Å². The zero-order valence-electron chi connectivity index (χ0n) is 19.3. The maximum atomic E-state index is 13.0. The Morgan fingerprint density at radius 1 is 1.00 bits per heavy atom. The monoisotopic (exact) mass is 492 g/mol. The summed E-state index contributed by atoms with van der Waals surface area (Å²) in [5, 5.41) is 12.4. The lowest BCUT2D eigenvalue weighted by molar-refractivity contribution is -0.149. The number of aliphatic carboxylic acids is 1. The second kappa shape index (κ2) is 8.90. The van der Waals surface area contributed by atoms with Crippen molar-refractivity contribution in [2.45, 2.75) is 37.3 Å². The van der Waals surface area contributed by atoms with Crippen LogP contribution in [0.1, 0.15) is 36.3 Å². The van der Waals surface area contributed by atoms with Gasteiger partial charge in [0.25, 0.3) is 0 Å². The summed E-state index contributed by atoms with van der Waals surface area (Å²) in [6.07, 6.45) is 1.91. The van der Waals surface area contributed by atoms with Gasteiger partial charge in [-0.05, 0) is 53.4 Å². The quantitative estimate of drug-likeness (QED) is 0.657. The topological polar surface area (TPSA) is 95.9 Å². The largest absolute Gasteiger partial charge is 0.480 e. The van der Waals surface area contributed by atoms with Crippen LogP contribution in [-0.2, 0) is 14.3 Å². The number of carbonyl (C=O) groups is 3. The number of thioether (sulfide) groups is 1. The van der Waals surface area contributed by atoms with Gasteiger partial charge in [-0.3, -0.25) is 4.79 Å². The van der Waals surface area contributed by atoms with Crippen LogP contribution in [0.4, 0.5) is 4.79 Å². The minimum atomic E-state index is -0.931. The van der Waals surface area contributed by atoms with Crippen molar-refractivity contribution in [3.05, 3.63) is 59.7 Å². The molecule has 0 bridgehead atoms. The maximum absolute atomic E-state index is 13.0. The highest BCUT2D eigenvalue weighted by molar-refractivity contribution is 7.99. The molecule has 4 unspecified atom stereocenters. The fourth-order valence-corrected chi connectivity index (χ4v) is 7.64. The maximum Gasteiger partial charge on any atom is 0.407 e. The van der Waals surface area contributed by atoms with E-state index in [1.54, 1.807) is 0 Å². The van der Waals surface area contributed by atoms with Gasteiger partial charge in [0.1, 0.15) is 12.6 Å². The van der Waals surface area contributed by atoms with Gasteiger partial charge < -0.3 is 20.1 Å². The average Bonchev–Trinajstić information content (AvgIpc) is 3.56. The van der Waals surface area contributed by atoms with Gasteiger partial charge in [-0.1, -0.05) is 48.5 Å². The van der Waals surface area contributed by atoms with Crippen LogP contribution >= 0.6 is 11.8 Å². The Bertz CT molecular complexity index is 1140. The number of hydrogen-bond donors (Lipinski definition) is 2. The molecule has 2 amide bonds. The first-order valence-corrected chi connectivity index (χ1v) is 13.4. The molecule has 2 aromatic carbocycles. The second-order valence-corrected chi connectivity index (χ2v) is 11.1. The number of carboxylic acid groups (broad SMARTS) is 1. The zero-order valence-corrected chi connectivity index (χ0v) is 20.1. The number of rotatable bonds is 5. The molecule has 1 heterocycles. The lowest BCUT2D eigenvalue weighted by atomic mass is 9.71. The van der Waals surface area contributed by atoms with E-state index in [0.717, 1.165) is 12.8 Å². The van der Waals surface area contributed by atoms with E-state index in [4.69, 9.17) is 4.74 Å². The van der Waals surface area contributed by atoms with Crippen molar-refractivity contribution in [3.63, 3.8) is 0 Å². The number of nitrogens with zero attached hydrogens (tertiary/aromatic N) is 1. The summed E-state index contributed by atoms with van der Waals surface area (Å²) < 4.78 is 5.70. The lowest BCUT2D eigenvalue weighted by Gasteiger charge is -2.40. The molecule has 35 heavy (non-hydrogen) atoms. The van der Waals surface area contributed by atoms with Gasteiger partial charge in [-0.25, -0.2) is 9.59 Å². The molecule has 0 spiro atoms. The summed E-state index contributed by atoms with van der Waals surface area (Å²) >= 11 is 1.49. The van der Waals surface area contributed by atoms with Crippen LogP contribution in [0, 0.1) is 17.8 Å². The van der Waals surface area contributed by atoms with Crippen LogP contribution < -0.4 is 5.32 Å². The second-order valence-electron chi connectivity index (χ2n) is 10.1. The van der Waals surface area contributed by atoms with Gasteiger partial charge in [0, 0.05) is 23.6 Å². The van der Waals surface area contributed by atoms with Crippen molar-refractivity contribution in [3.8, 4) is 11.1 Å². The molecule has 3 aliphatic carbocycles. The van der Waals surface area contributed by atoms with E-state index in [0.29, 0.717) is 24.0 Å². The normalized spacial score (nSPS) is 28.6. The number of carbonyl (C=O) groups excluding carboxylic acids is 2. The summed E-state index contributed by atoms with van der Waals surface area (Å²) in [4.78, 5) is 38.7. The van der Waals surface area contributed by atoms with Gasteiger partial charge in [-0.15, -0.1) is 11.8 Å². The highest BCUT2D eigenvalue weighted by atomic mass is 32.2. The van der Waals surface area contributed by atoms with Crippen LogP contribution in [0.2, 0.25) is 0 Å². The average molecular weight is 493 g/mol. The molecule has 1 saturated heterocycles. The molecule has 1 aliphatic heterocycles. The van der Waals surface area contributed by atoms with Crippen molar-refractivity contribution < 1.29 is 24.2 Å². The Kier molecular flexibility index (Phi) is 5.71. The number of amides is 2. The Morgan fingerprint density at radius 3 is 2.37 bits per heavy atom. The molecule has 8 heteroatoms. The predicted molar refractivity (Wildman–Crippen MR) is 132 cm³/mol. The third-order valence-corrected chi connectivity index (χ3v) is 9.28. The van der Waals surface area contributed by atoms with Crippen LogP contribution in [0.5, 0.6) is 0 Å². The molecule has 2 N–H and O–H groups in total. The molecule has 2 aromatic rings. The number of benzene rings is 2. The number of fused-ring (bicyclic) bond motifs is 4. The van der Waals surface area contributed by atoms with Gasteiger partial charge in [-0.2, -0.15) is 0 Å².